The van der Waals surface area contributed by atoms with Crippen molar-refractivity contribution in [2.24, 2.45) is 11.8 Å². The van der Waals surface area contributed by atoms with Gasteiger partial charge in [0.25, 0.3) is 0 Å². The maximum atomic E-state index is 14.6. The minimum absolute atomic E-state index is 0.103. The Balaban J connectivity index is 1.26. The van der Waals surface area contributed by atoms with Gasteiger partial charge in [-0.05, 0) is 75.6 Å². The largest absolute Gasteiger partial charge is 0.382 e. The number of hydrogen-bond donors (Lipinski definition) is 2. The number of halogens is 3. The second-order valence-electron chi connectivity index (χ2n) is 11.1. The normalized spacial score (nSPS) is 24.5. The van der Waals surface area contributed by atoms with Gasteiger partial charge in [-0.15, -0.1) is 11.3 Å². The molecule has 2 aliphatic carbocycles. The maximum absolute atomic E-state index is 14.6. The molecule has 0 saturated heterocycles. The van der Waals surface area contributed by atoms with Gasteiger partial charge in [-0.3, -0.25) is 0 Å². The van der Waals surface area contributed by atoms with E-state index in [0.29, 0.717) is 49.4 Å². The maximum Gasteiger partial charge on any atom is 0.173 e. The third-order valence-electron chi connectivity index (χ3n) is 8.13. The van der Waals surface area contributed by atoms with E-state index in [-0.39, 0.29) is 41.4 Å². The van der Waals surface area contributed by atoms with Gasteiger partial charge in [0.15, 0.2) is 11.6 Å². The molecule has 0 spiro atoms. The van der Waals surface area contributed by atoms with Crippen LogP contribution >= 0.6 is 34.5 Å². The SMILES string of the molecule is CC(C)(O)c1onc(-c2c(Cl)cccc2Cl)c1CO[C@H]1C[C@H]2CC[C@@H](C1)[C@@]2(O)c1nc2c(F)cc(C#N)cc2s1. The summed E-state index contributed by atoms with van der Waals surface area (Å²) < 4.78 is 27.1. The van der Waals surface area contributed by atoms with E-state index in [9.17, 15) is 19.9 Å². The highest BCUT2D eigenvalue weighted by Crippen LogP contribution is 2.57. The molecule has 2 N–H and O–H groups in total. The highest BCUT2D eigenvalue weighted by molar-refractivity contribution is 7.18. The van der Waals surface area contributed by atoms with Crippen LogP contribution in [0.2, 0.25) is 10.0 Å². The monoisotopic (exact) mass is 601 g/mol. The number of rotatable bonds is 6. The van der Waals surface area contributed by atoms with Crippen LogP contribution in [0.5, 0.6) is 0 Å². The summed E-state index contributed by atoms with van der Waals surface area (Å²) in [5.41, 5.74) is -0.622. The van der Waals surface area contributed by atoms with Gasteiger partial charge >= 0.3 is 0 Å². The molecule has 2 aliphatic rings. The van der Waals surface area contributed by atoms with Gasteiger partial charge in [0.1, 0.15) is 27.4 Å². The van der Waals surface area contributed by atoms with E-state index in [2.05, 4.69) is 10.1 Å². The van der Waals surface area contributed by atoms with Crippen molar-refractivity contribution in [3.63, 3.8) is 0 Å². The second kappa shape index (κ2) is 10.1. The third kappa shape index (κ3) is 4.51. The summed E-state index contributed by atoms with van der Waals surface area (Å²) in [6, 6.07) is 9.91. The Morgan fingerprint density at radius 3 is 2.52 bits per heavy atom. The number of benzene rings is 2. The van der Waals surface area contributed by atoms with E-state index < -0.39 is 17.0 Å². The number of hydrogen-bond acceptors (Lipinski definition) is 8. The average Bonchev–Trinajstić information content (AvgIpc) is 3.55. The van der Waals surface area contributed by atoms with Crippen LogP contribution in [0.1, 0.15) is 61.4 Å². The second-order valence-corrected chi connectivity index (χ2v) is 13.0. The Kier molecular flexibility index (Phi) is 6.93. The topological polar surface area (TPSA) is 112 Å². The number of ether oxygens (including phenoxy) is 1. The Morgan fingerprint density at radius 1 is 1.23 bits per heavy atom. The molecule has 7 nitrogen and oxygen atoms in total. The zero-order chi connectivity index (χ0) is 28.4. The number of nitriles is 1. The van der Waals surface area contributed by atoms with Gasteiger partial charge in [-0.2, -0.15) is 5.26 Å². The van der Waals surface area contributed by atoms with Crippen molar-refractivity contribution < 1.29 is 23.9 Å². The van der Waals surface area contributed by atoms with Crippen molar-refractivity contribution in [1.29, 1.82) is 5.26 Å². The van der Waals surface area contributed by atoms with Crippen LogP contribution in [-0.4, -0.2) is 26.5 Å². The molecule has 4 aromatic rings. The molecule has 0 radical (unpaired) electrons. The molecule has 2 heterocycles. The van der Waals surface area contributed by atoms with E-state index in [4.69, 9.17) is 32.5 Å². The van der Waals surface area contributed by atoms with Gasteiger partial charge in [0.05, 0.1) is 44.7 Å². The lowest BCUT2D eigenvalue weighted by Gasteiger charge is -2.41. The van der Waals surface area contributed by atoms with Crippen molar-refractivity contribution in [3.8, 4) is 17.3 Å². The third-order valence-corrected chi connectivity index (χ3v) is 9.90. The summed E-state index contributed by atoms with van der Waals surface area (Å²) >= 11 is 14.2. The highest BCUT2D eigenvalue weighted by Gasteiger charge is 2.56. The zero-order valence-electron chi connectivity index (χ0n) is 21.7. The summed E-state index contributed by atoms with van der Waals surface area (Å²) in [5, 5.41) is 37.4. The molecule has 2 fully saturated rings. The van der Waals surface area contributed by atoms with E-state index in [1.54, 1.807) is 38.1 Å². The van der Waals surface area contributed by atoms with Crippen molar-refractivity contribution in [2.45, 2.75) is 63.4 Å². The van der Waals surface area contributed by atoms with Gasteiger partial charge in [0.2, 0.25) is 0 Å². The molecule has 0 amide bonds. The summed E-state index contributed by atoms with van der Waals surface area (Å²) in [6.07, 6.45) is 2.59. The molecule has 208 valence electrons. The Hall–Kier alpha value is -2.58. The smallest absolute Gasteiger partial charge is 0.173 e. The molecule has 4 atom stereocenters. The quantitative estimate of drug-likeness (QED) is 0.242. The molecular weight excluding hydrogens is 576 g/mol. The summed E-state index contributed by atoms with van der Waals surface area (Å²) in [5.74, 6) is -0.537. The number of nitrogens with zero attached hydrogens (tertiary/aromatic N) is 3. The highest BCUT2D eigenvalue weighted by atomic mass is 35.5. The molecule has 0 aliphatic heterocycles. The molecule has 11 heteroatoms. The van der Waals surface area contributed by atoms with Crippen LogP contribution in [0.3, 0.4) is 0 Å². The lowest BCUT2D eigenvalue weighted by Crippen LogP contribution is -2.44. The molecular formula is C29H26Cl2FN3O4S. The van der Waals surface area contributed by atoms with E-state index in [0.717, 1.165) is 12.8 Å². The van der Waals surface area contributed by atoms with Crippen LogP contribution in [0, 0.1) is 29.0 Å². The molecule has 0 unspecified atom stereocenters. The standard InChI is InChI=1S/C29H26Cl2FN3O4S/c1-28(2,36)26-18(24(35-39-26)23-19(30)4-3-5-20(23)31)13-38-17-10-15-6-7-16(11-17)29(15,37)27-34-25-21(32)8-14(12-33)9-22(25)40-27/h3-5,8-9,15-17,36-37H,6-7,10-11,13H2,1-2H3/t15-,16+,17+,29-. The molecule has 2 bridgehead atoms. The van der Waals surface area contributed by atoms with Crippen LogP contribution in [-0.2, 0) is 22.5 Å². The van der Waals surface area contributed by atoms with Gasteiger partial charge in [-0.1, -0.05) is 34.4 Å². The Labute approximate surface area is 244 Å². The van der Waals surface area contributed by atoms with Crippen molar-refractivity contribution >= 4 is 44.8 Å². The lowest BCUT2D eigenvalue weighted by atomic mass is 9.73. The lowest BCUT2D eigenvalue weighted by molar-refractivity contribution is -0.116. The minimum Gasteiger partial charge on any atom is -0.382 e. The van der Waals surface area contributed by atoms with Gasteiger partial charge in [-0.25, -0.2) is 9.37 Å². The fourth-order valence-corrected chi connectivity index (χ4v) is 8.10. The zero-order valence-corrected chi connectivity index (χ0v) is 24.1. The Bertz CT molecular complexity index is 1620. The first-order chi connectivity index (χ1) is 19.0. The van der Waals surface area contributed by atoms with Crippen LogP contribution in [0.15, 0.2) is 34.9 Å². The number of thiazole rings is 1. The van der Waals surface area contributed by atoms with Gasteiger partial charge < -0.3 is 19.5 Å². The first-order valence-electron chi connectivity index (χ1n) is 13.0. The average molecular weight is 603 g/mol. The molecule has 6 rings (SSSR count). The first-order valence-corrected chi connectivity index (χ1v) is 14.6. The summed E-state index contributed by atoms with van der Waals surface area (Å²) in [6.45, 7) is 3.32. The number of aliphatic hydroxyl groups is 2. The van der Waals surface area contributed by atoms with E-state index in [1.165, 1.54) is 17.4 Å². The van der Waals surface area contributed by atoms with Crippen molar-refractivity contribution in [3.05, 3.63) is 68.1 Å². The summed E-state index contributed by atoms with van der Waals surface area (Å²) in [7, 11) is 0. The summed E-state index contributed by atoms with van der Waals surface area (Å²) in [4.78, 5) is 4.51. The first kappa shape index (κ1) is 27.6. The fraction of sp³-hybridized carbons (Fsp3) is 0.414. The van der Waals surface area contributed by atoms with Crippen LogP contribution in [0.25, 0.3) is 21.5 Å². The van der Waals surface area contributed by atoms with Crippen LogP contribution in [0.4, 0.5) is 4.39 Å². The van der Waals surface area contributed by atoms with E-state index in [1.807, 2.05) is 6.07 Å². The fourth-order valence-electron chi connectivity index (χ4n) is 6.26. The van der Waals surface area contributed by atoms with Gasteiger partial charge in [0, 0.05) is 5.56 Å². The van der Waals surface area contributed by atoms with Crippen LogP contribution < -0.4 is 0 Å². The van der Waals surface area contributed by atoms with Crippen molar-refractivity contribution in [1.82, 2.24) is 10.1 Å². The van der Waals surface area contributed by atoms with E-state index >= 15 is 0 Å². The molecule has 2 saturated carbocycles. The minimum atomic E-state index is -1.32. The molecule has 2 aromatic carbocycles. The predicted octanol–water partition coefficient (Wildman–Crippen LogP) is 7.09. The van der Waals surface area contributed by atoms with Crippen molar-refractivity contribution in [2.75, 3.05) is 0 Å². The molecule has 2 aromatic heterocycles. The predicted molar refractivity (Wildman–Crippen MR) is 149 cm³/mol. The molecule has 40 heavy (non-hydrogen) atoms. The number of aromatic nitrogens is 2. The Morgan fingerprint density at radius 2 is 1.90 bits per heavy atom. The number of fused-ring (bicyclic) bond motifs is 3.